The lowest BCUT2D eigenvalue weighted by Gasteiger charge is -2.26. The summed E-state index contributed by atoms with van der Waals surface area (Å²) in [5.74, 6) is -0.425. The van der Waals surface area contributed by atoms with Gasteiger partial charge < -0.3 is 5.32 Å². The fourth-order valence-electron chi connectivity index (χ4n) is 3.60. The predicted molar refractivity (Wildman–Crippen MR) is 143 cm³/mol. The van der Waals surface area contributed by atoms with Crippen LogP contribution < -0.4 is 9.62 Å². The van der Waals surface area contributed by atoms with Gasteiger partial charge in [0.1, 0.15) is 6.54 Å². The summed E-state index contributed by atoms with van der Waals surface area (Å²) in [6.07, 6.45) is 0. The average molecular weight is 503 g/mol. The van der Waals surface area contributed by atoms with Crippen molar-refractivity contribution in [3.63, 3.8) is 0 Å². The van der Waals surface area contributed by atoms with Crippen molar-refractivity contribution in [2.24, 2.45) is 0 Å². The summed E-state index contributed by atoms with van der Waals surface area (Å²) >= 11 is 1.53. The highest BCUT2D eigenvalue weighted by atomic mass is 32.2. The maximum absolute atomic E-state index is 13.6. The number of anilines is 2. The number of rotatable bonds is 8. The lowest BCUT2D eigenvalue weighted by Crippen LogP contribution is -2.38. The van der Waals surface area contributed by atoms with Crippen LogP contribution in [0.5, 0.6) is 0 Å². The summed E-state index contributed by atoms with van der Waals surface area (Å²) in [5.41, 5.74) is 2.78. The minimum absolute atomic E-state index is 0.133. The highest BCUT2D eigenvalue weighted by molar-refractivity contribution is 7.99. The van der Waals surface area contributed by atoms with Crippen LogP contribution in [0.15, 0.2) is 118 Å². The second-order valence-electron chi connectivity index (χ2n) is 8.07. The van der Waals surface area contributed by atoms with Crippen molar-refractivity contribution in [1.82, 2.24) is 0 Å². The Morgan fingerprint density at radius 1 is 0.829 bits per heavy atom. The van der Waals surface area contributed by atoms with E-state index in [1.54, 1.807) is 24.3 Å². The van der Waals surface area contributed by atoms with E-state index in [2.05, 4.69) is 5.32 Å². The SMILES string of the molecule is Cc1ccc(C)c(N(CC(=O)Nc2ccccc2Sc2ccccc2)S(=O)(=O)c2ccccc2)c1. The second-order valence-corrected chi connectivity index (χ2v) is 11.1. The van der Waals surface area contributed by atoms with E-state index in [1.165, 1.54) is 28.2 Å². The van der Waals surface area contributed by atoms with Gasteiger partial charge in [0.25, 0.3) is 10.0 Å². The van der Waals surface area contributed by atoms with E-state index in [-0.39, 0.29) is 11.4 Å². The Morgan fingerprint density at radius 3 is 2.17 bits per heavy atom. The Balaban J connectivity index is 1.65. The maximum Gasteiger partial charge on any atom is 0.264 e. The number of hydrogen-bond acceptors (Lipinski definition) is 4. The van der Waals surface area contributed by atoms with E-state index in [4.69, 9.17) is 0 Å². The van der Waals surface area contributed by atoms with Gasteiger partial charge >= 0.3 is 0 Å². The minimum atomic E-state index is -3.97. The second kappa shape index (κ2) is 10.8. The van der Waals surface area contributed by atoms with E-state index < -0.39 is 15.9 Å². The molecule has 0 atom stereocenters. The molecule has 0 spiro atoms. The number of nitrogens with zero attached hydrogens (tertiary/aromatic N) is 1. The largest absolute Gasteiger partial charge is 0.323 e. The van der Waals surface area contributed by atoms with Crippen molar-refractivity contribution in [3.8, 4) is 0 Å². The molecule has 0 unspecified atom stereocenters. The van der Waals surface area contributed by atoms with Crippen molar-refractivity contribution in [2.45, 2.75) is 28.5 Å². The number of sulfonamides is 1. The van der Waals surface area contributed by atoms with Gasteiger partial charge in [-0.05, 0) is 67.4 Å². The van der Waals surface area contributed by atoms with E-state index in [0.29, 0.717) is 11.4 Å². The summed E-state index contributed by atoms with van der Waals surface area (Å²) in [7, 11) is -3.97. The Morgan fingerprint density at radius 2 is 1.46 bits per heavy atom. The van der Waals surface area contributed by atoms with E-state index in [9.17, 15) is 13.2 Å². The number of hydrogen-bond donors (Lipinski definition) is 1. The van der Waals surface area contributed by atoms with Crippen molar-refractivity contribution in [2.75, 3.05) is 16.2 Å². The molecule has 0 bridgehead atoms. The molecular weight excluding hydrogens is 476 g/mol. The number of benzene rings is 4. The van der Waals surface area contributed by atoms with Crippen LogP contribution in [0.3, 0.4) is 0 Å². The fourth-order valence-corrected chi connectivity index (χ4v) is 6.02. The van der Waals surface area contributed by atoms with Crippen molar-refractivity contribution in [1.29, 1.82) is 0 Å². The summed E-state index contributed by atoms with van der Waals surface area (Å²) in [4.78, 5) is 15.3. The zero-order valence-corrected chi connectivity index (χ0v) is 21.1. The molecule has 0 aromatic heterocycles. The molecule has 1 N–H and O–H groups in total. The quantitative estimate of drug-likeness (QED) is 0.308. The maximum atomic E-state index is 13.6. The first-order chi connectivity index (χ1) is 16.8. The molecule has 0 aliphatic carbocycles. The first kappa shape index (κ1) is 24.6. The van der Waals surface area contributed by atoms with Crippen LogP contribution in [0.25, 0.3) is 0 Å². The molecule has 4 aromatic rings. The van der Waals surface area contributed by atoms with E-state index >= 15 is 0 Å². The molecule has 7 heteroatoms. The first-order valence-corrected chi connectivity index (χ1v) is 13.4. The lowest BCUT2D eigenvalue weighted by molar-refractivity contribution is -0.114. The van der Waals surface area contributed by atoms with Gasteiger partial charge in [-0.2, -0.15) is 0 Å². The van der Waals surface area contributed by atoms with Crippen LogP contribution in [0.4, 0.5) is 11.4 Å². The summed E-state index contributed by atoms with van der Waals surface area (Å²) < 4.78 is 28.5. The van der Waals surface area contributed by atoms with Crippen LogP contribution in [-0.4, -0.2) is 20.9 Å². The summed E-state index contributed by atoms with van der Waals surface area (Å²) in [5, 5.41) is 2.92. The van der Waals surface area contributed by atoms with Crippen LogP contribution in [-0.2, 0) is 14.8 Å². The Kier molecular flexibility index (Phi) is 7.58. The number of amides is 1. The molecular formula is C28H26N2O3S2. The first-order valence-electron chi connectivity index (χ1n) is 11.1. The summed E-state index contributed by atoms with van der Waals surface area (Å²) in [6, 6.07) is 31.1. The van der Waals surface area contributed by atoms with Crippen LogP contribution >= 0.6 is 11.8 Å². The molecule has 0 aliphatic rings. The third-order valence-electron chi connectivity index (χ3n) is 5.38. The summed E-state index contributed by atoms with van der Waals surface area (Å²) in [6.45, 7) is 3.38. The van der Waals surface area contributed by atoms with Crippen LogP contribution in [0, 0.1) is 13.8 Å². The predicted octanol–water partition coefficient (Wildman–Crippen LogP) is 6.29. The third-order valence-corrected chi connectivity index (χ3v) is 8.24. The Bertz CT molecular complexity index is 1420. The van der Waals surface area contributed by atoms with Gasteiger partial charge in [0.15, 0.2) is 0 Å². The molecule has 0 saturated heterocycles. The van der Waals surface area contributed by atoms with Gasteiger partial charge in [-0.1, -0.05) is 72.4 Å². The Hall–Kier alpha value is -3.55. The van der Waals surface area contributed by atoms with Gasteiger partial charge in [0.2, 0.25) is 5.91 Å². The molecule has 1 amide bonds. The average Bonchev–Trinajstić information content (AvgIpc) is 2.86. The smallest absolute Gasteiger partial charge is 0.264 e. The molecule has 0 fully saturated rings. The fraction of sp³-hybridized carbons (Fsp3) is 0.107. The van der Waals surface area contributed by atoms with Crippen molar-refractivity contribution < 1.29 is 13.2 Å². The molecule has 35 heavy (non-hydrogen) atoms. The van der Waals surface area contributed by atoms with Crippen LogP contribution in [0.1, 0.15) is 11.1 Å². The number of aryl methyl sites for hydroxylation is 2. The Labute approximate surface area is 210 Å². The van der Waals surface area contributed by atoms with Gasteiger partial charge in [0, 0.05) is 9.79 Å². The highest BCUT2D eigenvalue weighted by Gasteiger charge is 2.28. The highest BCUT2D eigenvalue weighted by Crippen LogP contribution is 2.33. The zero-order valence-electron chi connectivity index (χ0n) is 19.5. The van der Waals surface area contributed by atoms with Gasteiger partial charge in [-0.15, -0.1) is 0 Å². The normalized spacial score (nSPS) is 11.1. The van der Waals surface area contributed by atoms with Gasteiger partial charge in [-0.3, -0.25) is 9.10 Å². The number of carbonyl (C=O) groups is 1. The van der Waals surface area contributed by atoms with Crippen molar-refractivity contribution >= 4 is 39.1 Å². The van der Waals surface area contributed by atoms with Gasteiger partial charge in [-0.25, -0.2) is 8.42 Å². The monoisotopic (exact) mass is 502 g/mol. The molecule has 0 radical (unpaired) electrons. The van der Waals surface area contributed by atoms with Crippen LogP contribution in [0.2, 0.25) is 0 Å². The number of carbonyl (C=O) groups excluding carboxylic acids is 1. The molecule has 0 aliphatic heterocycles. The number of para-hydroxylation sites is 1. The molecule has 0 saturated carbocycles. The van der Waals surface area contributed by atoms with Crippen molar-refractivity contribution in [3.05, 3.63) is 114 Å². The number of nitrogens with one attached hydrogen (secondary N) is 1. The van der Waals surface area contributed by atoms with E-state index in [0.717, 1.165) is 20.9 Å². The molecule has 4 aromatic carbocycles. The molecule has 178 valence electrons. The molecule has 5 nitrogen and oxygen atoms in total. The third kappa shape index (κ3) is 5.93. The van der Waals surface area contributed by atoms with E-state index in [1.807, 2.05) is 80.6 Å². The zero-order chi connectivity index (χ0) is 24.8. The molecule has 4 rings (SSSR count). The molecule has 0 heterocycles. The van der Waals surface area contributed by atoms with Gasteiger partial charge in [0.05, 0.1) is 16.3 Å². The minimum Gasteiger partial charge on any atom is -0.323 e. The topological polar surface area (TPSA) is 66.5 Å². The standard InChI is InChI=1S/C28H26N2O3S2/c1-21-17-18-22(2)26(19-21)30(35(32,33)24-13-7-4-8-14-24)20-28(31)29-25-15-9-10-16-27(25)34-23-11-5-3-6-12-23/h3-19H,20H2,1-2H3,(H,29,31). The lowest BCUT2D eigenvalue weighted by atomic mass is 10.1.